The van der Waals surface area contributed by atoms with Crippen LogP contribution in [0.1, 0.15) is 24.8 Å². The number of carbonyl (C=O) groups is 2. The van der Waals surface area contributed by atoms with Crippen LogP contribution in [0.15, 0.2) is 65.9 Å². The molecular formula is C21H20FNO4. The Hall–Kier alpha value is -3.15. The summed E-state index contributed by atoms with van der Waals surface area (Å²) in [4.78, 5) is 24.5. The highest BCUT2D eigenvalue weighted by molar-refractivity contribution is 5.95. The number of halogens is 1. The third kappa shape index (κ3) is 4.53. The van der Waals surface area contributed by atoms with Gasteiger partial charge in [0.2, 0.25) is 5.91 Å². The van der Waals surface area contributed by atoms with Gasteiger partial charge in [0.1, 0.15) is 24.8 Å². The summed E-state index contributed by atoms with van der Waals surface area (Å²) in [5.41, 5.74) is 0.951. The van der Waals surface area contributed by atoms with E-state index >= 15 is 0 Å². The number of benzene rings is 2. The molecule has 0 unspecified atom stereocenters. The van der Waals surface area contributed by atoms with Crippen LogP contribution >= 0.6 is 0 Å². The van der Waals surface area contributed by atoms with Crippen LogP contribution in [0.4, 0.5) is 4.39 Å². The molecule has 2 aromatic rings. The zero-order valence-electron chi connectivity index (χ0n) is 14.9. The van der Waals surface area contributed by atoms with Crippen LogP contribution < -0.4 is 10.1 Å². The molecule has 6 heteroatoms. The number of nitrogens with one attached hydrogen (secondary N) is 1. The lowest BCUT2D eigenvalue weighted by atomic mass is 9.84. The van der Waals surface area contributed by atoms with Gasteiger partial charge in [-0.15, -0.1) is 0 Å². The normalized spacial score (nSPS) is 16.7. The summed E-state index contributed by atoms with van der Waals surface area (Å²) in [6.07, 6.45) is -0.0107. The van der Waals surface area contributed by atoms with Crippen LogP contribution in [0.3, 0.4) is 0 Å². The van der Waals surface area contributed by atoms with E-state index < -0.39 is 17.7 Å². The monoisotopic (exact) mass is 369 g/mol. The second-order valence-electron chi connectivity index (χ2n) is 6.16. The lowest BCUT2D eigenvalue weighted by Gasteiger charge is -2.26. The van der Waals surface area contributed by atoms with E-state index in [1.54, 1.807) is 37.3 Å². The number of esters is 1. The second kappa shape index (κ2) is 8.49. The first-order valence-corrected chi connectivity index (χ1v) is 8.66. The SMILES string of the molecule is CC1=C(C(=O)OCCOc2ccccc2)[C@@H](c2ccccc2F)CC(=O)N1. The van der Waals surface area contributed by atoms with Gasteiger partial charge in [0, 0.05) is 18.0 Å². The highest BCUT2D eigenvalue weighted by Gasteiger charge is 2.34. The maximum atomic E-state index is 14.2. The molecule has 140 valence electrons. The van der Waals surface area contributed by atoms with Crippen LogP contribution in [-0.4, -0.2) is 25.1 Å². The van der Waals surface area contributed by atoms with Gasteiger partial charge in [-0.3, -0.25) is 4.79 Å². The number of ether oxygens (including phenoxy) is 2. The molecule has 1 aliphatic rings. The molecule has 1 heterocycles. The van der Waals surface area contributed by atoms with Crippen LogP contribution in [0.2, 0.25) is 0 Å². The van der Waals surface area contributed by atoms with Crippen molar-refractivity contribution in [1.82, 2.24) is 5.32 Å². The number of hydrogen-bond acceptors (Lipinski definition) is 4. The van der Waals surface area contributed by atoms with E-state index in [9.17, 15) is 14.0 Å². The summed E-state index contributed by atoms with van der Waals surface area (Å²) in [6.45, 7) is 1.85. The predicted octanol–water partition coefficient (Wildman–Crippen LogP) is 3.33. The summed E-state index contributed by atoms with van der Waals surface area (Å²) in [5.74, 6) is -1.30. The van der Waals surface area contributed by atoms with Gasteiger partial charge in [0.25, 0.3) is 0 Å². The predicted molar refractivity (Wildman–Crippen MR) is 97.5 cm³/mol. The van der Waals surface area contributed by atoms with E-state index in [0.717, 1.165) is 0 Å². The third-order valence-corrected chi connectivity index (χ3v) is 4.30. The molecule has 1 amide bonds. The molecule has 3 rings (SSSR count). The van der Waals surface area contributed by atoms with Crippen molar-refractivity contribution in [2.75, 3.05) is 13.2 Å². The molecule has 0 spiro atoms. The van der Waals surface area contributed by atoms with Gasteiger partial charge in [0.05, 0.1) is 5.57 Å². The minimum Gasteiger partial charge on any atom is -0.490 e. The van der Waals surface area contributed by atoms with Crippen molar-refractivity contribution in [2.24, 2.45) is 0 Å². The Balaban J connectivity index is 1.69. The van der Waals surface area contributed by atoms with E-state index in [1.807, 2.05) is 18.2 Å². The van der Waals surface area contributed by atoms with E-state index in [-0.39, 0.29) is 31.1 Å². The molecule has 1 aliphatic heterocycles. The Kier molecular flexibility index (Phi) is 5.86. The van der Waals surface area contributed by atoms with E-state index in [2.05, 4.69) is 5.32 Å². The first kappa shape index (κ1) is 18.6. The van der Waals surface area contributed by atoms with Crippen molar-refractivity contribution in [3.05, 3.63) is 77.2 Å². The van der Waals surface area contributed by atoms with Crippen molar-refractivity contribution in [2.45, 2.75) is 19.3 Å². The zero-order chi connectivity index (χ0) is 19.2. The topological polar surface area (TPSA) is 64.6 Å². The first-order valence-electron chi connectivity index (χ1n) is 8.66. The third-order valence-electron chi connectivity index (χ3n) is 4.30. The van der Waals surface area contributed by atoms with Gasteiger partial charge in [-0.2, -0.15) is 0 Å². The summed E-state index contributed by atoms with van der Waals surface area (Å²) < 4.78 is 25.0. The van der Waals surface area contributed by atoms with Crippen molar-refractivity contribution < 1.29 is 23.5 Å². The number of hydrogen-bond donors (Lipinski definition) is 1. The van der Waals surface area contributed by atoms with Crippen molar-refractivity contribution in [1.29, 1.82) is 0 Å². The van der Waals surface area contributed by atoms with E-state index in [4.69, 9.17) is 9.47 Å². The highest BCUT2D eigenvalue weighted by atomic mass is 19.1. The summed E-state index contributed by atoms with van der Waals surface area (Å²) in [5, 5.41) is 2.63. The average molecular weight is 369 g/mol. The van der Waals surface area contributed by atoms with Gasteiger partial charge in [-0.25, -0.2) is 9.18 Å². The molecule has 0 saturated heterocycles. The molecule has 0 aromatic heterocycles. The fourth-order valence-electron chi connectivity index (χ4n) is 3.08. The summed E-state index contributed by atoms with van der Waals surface area (Å²) in [7, 11) is 0. The Bertz CT molecular complexity index is 863. The smallest absolute Gasteiger partial charge is 0.336 e. The van der Waals surface area contributed by atoms with Crippen LogP contribution in [0.25, 0.3) is 0 Å². The van der Waals surface area contributed by atoms with E-state index in [0.29, 0.717) is 17.0 Å². The Morgan fingerprint density at radius 3 is 2.56 bits per heavy atom. The summed E-state index contributed by atoms with van der Waals surface area (Å²) in [6, 6.07) is 15.3. The lowest BCUT2D eigenvalue weighted by molar-refractivity contribution is -0.140. The minimum absolute atomic E-state index is 0.0107. The van der Waals surface area contributed by atoms with Gasteiger partial charge < -0.3 is 14.8 Å². The van der Waals surface area contributed by atoms with Crippen molar-refractivity contribution in [3.63, 3.8) is 0 Å². The molecule has 27 heavy (non-hydrogen) atoms. The van der Waals surface area contributed by atoms with Gasteiger partial charge in [0.15, 0.2) is 0 Å². The number of carbonyl (C=O) groups excluding carboxylic acids is 2. The molecular weight excluding hydrogens is 349 g/mol. The largest absolute Gasteiger partial charge is 0.490 e. The molecule has 1 N–H and O–H groups in total. The second-order valence-corrected chi connectivity index (χ2v) is 6.16. The maximum Gasteiger partial charge on any atom is 0.336 e. The average Bonchev–Trinajstić information content (AvgIpc) is 2.65. The Morgan fingerprint density at radius 2 is 1.81 bits per heavy atom. The zero-order valence-corrected chi connectivity index (χ0v) is 14.9. The van der Waals surface area contributed by atoms with Gasteiger partial charge in [-0.1, -0.05) is 36.4 Å². The quantitative estimate of drug-likeness (QED) is 0.627. The van der Waals surface area contributed by atoms with Gasteiger partial charge >= 0.3 is 5.97 Å². The Labute approximate surface area is 156 Å². The highest BCUT2D eigenvalue weighted by Crippen LogP contribution is 2.34. The number of amides is 1. The first-order chi connectivity index (χ1) is 13.1. The number of rotatable bonds is 6. The molecule has 1 atom stereocenters. The fourth-order valence-corrected chi connectivity index (χ4v) is 3.08. The van der Waals surface area contributed by atoms with Crippen LogP contribution in [0.5, 0.6) is 5.75 Å². The summed E-state index contributed by atoms with van der Waals surface area (Å²) >= 11 is 0. The minimum atomic E-state index is -0.678. The van der Waals surface area contributed by atoms with Gasteiger partial charge in [-0.05, 0) is 30.7 Å². The van der Waals surface area contributed by atoms with Crippen molar-refractivity contribution in [3.8, 4) is 5.75 Å². The Morgan fingerprint density at radius 1 is 1.11 bits per heavy atom. The molecule has 0 radical (unpaired) electrons. The molecule has 0 aliphatic carbocycles. The lowest BCUT2D eigenvalue weighted by Crippen LogP contribution is -2.34. The molecule has 0 fully saturated rings. The number of para-hydroxylation sites is 1. The maximum absolute atomic E-state index is 14.2. The van der Waals surface area contributed by atoms with Crippen LogP contribution in [0, 0.1) is 5.82 Å². The van der Waals surface area contributed by atoms with Crippen LogP contribution in [-0.2, 0) is 14.3 Å². The standard InChI is InChI=1S/C21H20FNO4/c1-14-20(21(25)27-12-11-26-15-7-3-2-4-8-15)17(13-19(24)23-14)16-9-5-6-10-18(16)22/h2-10,17H,11-13H2,1H3,(H,23,24)/t17-/m1/s1. The molecule has 0 bridgehead atoms. The van der Waals surface area contributed by atoms with Crippen molar-refractivity contribution >= 4 is 11.9 Å². The van der Waals surface area contributed by atoms with E-state index in [1.165, 1.54) is 6.07 Å². The molecule has 0 saturated carbocycles. The fraction of sp³-hybridized carbons (Fsp3) is 0.238. The molecule has 2 aromatic carbocycles. The molecule has 5 nitrogen and oxygen atoms in total. The number of allylic oxidation sites excluding steroid dienone is 1.